The molecule has 0 aliphatic heterocycles. The van der Waals surface area contributed by atoms with Gasteiger partial charge in [-0.2, -0.15) is 0 Å². The summed E-state index contributed by atoms with van der Waals surface area (Å²) in [5, 5.41) is 11.5. The molecule has 1 fully saturated rings. The van der Waals surface area contributed by atoms with Crippen molar-refractivity contribution >= 4 is 11.9 Å². The summed E-state index contributed by atoms with van der Waals surface area (Å²) in [5.41, 5.74) is 0.802. The molecule has 2 N–H and O–H groups in total. The Morgan fingerprint density at radius 1 is 1.44 bits per heavy atom. The largest absolute Gasteiger partial charge is 0.480 e. The Labute approximate surface area is 104 Å². The number of carbonyl (C=O) groups excluding carboxylic acids is 1. The number of carboxylic acid groups (broad SMARTS) is 1. The number of carbonyl (C=O) groups is 2. The molecule has 0 aromatic heterocycles. The summed E-state index contributed by atoms with van der Waals surface area (Å²) < 4.78 is 13.1. The van der Waals surface area contributed by atoms with Crippen molar-refractivity contribution in [2.75, 3.05) is 0 Å². The van der Waals surface area contributed by atoms with Gasteiger partial charge in [-0.25, -0.2) is 9.18 Å². The molecule has 1 saturated carbocycles. The van der Waals surface area contributed by atoms with E-state index in [9.17, 15) is 14.0 Å². The first kappa shape index (κ1) is 12.5. The lowest BCUT2D eigenvalue weighted by Gasteiger charge is -2.14. The Bertz CT molecular complexity index is 497. The Morgan fingerprint density at radius 2 is 2.11 bits per heavy atom. The van der Waals surface area contributed by atoms with Gasteiger partial charge in [-0.15, -0.1) is 0 Å². The third kappa shape index (κ3) is 2.67. The molecular weight excluding hydrogens is 237 g/mol. The summed E-state index contributed by atoms with van der Waals surface area (Å²) in [6, 6.07) is 3.01. The van der Waals surface area contributed by atoms with Crippen molar-refractivity contribution in [3.63, 3.8) is 0 Å². The number of benzene rings is 1. The third-order valence-corrected chi connectivity index (χ3v) is 3.09. The van der Waals surface area contributed by atoms with Crippen LogP contribution >= 0.6 is 0 Å². The minimum atomic E-state index is -1.04. The van der Waals surface area contributed by atoms with Gasteiger partial charge in [0.15, 0.2) is 0 Å². The maximum atomic E-state index is 13.1. The number of nitrogens with one attached hydrogen (secondary N) is 1. The maximum Gasteiger partial charge on any atom is 0.326 e. The molecule has 0 heterocycles. The molecule has 1 aliphatic carbocycles. The molecule has 0 saturated heterocycles. The summed E-state index contributed by atoms with van der Waals surface area (Å²) >= 11 is 0. The van der Waals surface area contributed by atoms with Crippen LogP contribution in [-0.2, 0) is 4.79 Å². The quantitative estimate of drug-likeness (QED) is 0.856. The molecule has 1 aliphatic rings. The molecule has 1 aromatic carbocycles. The van der Waals surface area contributed by atoms with Gasteiger partial charge < -0.3 is 10.4 Å². The molecule has 2 rings (SSSR count). The fourth-order valence-corrected chi connectivity index (χ4v) is 1.87. The number of aryl methyl sites for hydroxylation is 1. The highest BCUT2D eigenvalue weighted by molar-refractivity contribution is 5.97. The molecule has 0 bridgehead atoms. The Morgan fingerprint density at radius 3 is 2.67 bits per heavy atom. The molecule has 1 aromatic rings. The highest BCUT2D eigenvalue weighted by atomic mass is 19.1. The van der Waals surface area contributed by atoms with E-state index in [4.69, 9.17) is 5.11 Å². The van der Waals surface area contributed by atoms with Crippen molar-refractivity contribution < 1.29 is 19.1 Å². The lowest BCUT2D eigenvalue weighted by atomic mass is 10.1. The molecule has 5 heteroatoms. The molecule has 96 valence electrons. The molecule has 18 heavy (non-hydrogen) atoms. The first-order chi connectivity index (χ1) is 8.49. The lowest BCUT2D eigenvalue weighted by molar-refractivity contribution is -0.139. The number of carboxylic acids is 1. The minimum Gasteiger partial charge on any atom is -0.480 e. The normalized spacial score (nSPS) is 16.1. The zero-order valence-corrected chi connectivity index (χ0v) is 9.94. The zero-order valence-electron chi connectivity index (χ0n) is 9.94. The van der Waals surface area contributed by atoms with E-state index < -0.39 is 23.7 Å². The first-order valence-corrected chi connectivity index (χ1v) is 5.79. The maximum absolute atomic E-state index is 13.1. The van der Waals surface area contributed by atoms with E-state index in [0.717, 1.165) is 18.9 Å². The summed E-state index contributed by atoms with van der Waals surface area (Å²) in [6.45, 7) is 1.68. The highest BCUT2D eigenvalue weighted by Gasteiger charge is 2.37. The van der Waals surface area contributed by atoms with Crippen LogP contribution in [0.1, 0.15) is 28.8 Å². The summed E-state index contributed by atoms with van der Waals surface area (Å²) in [4.78, 5) is 22.9. The number of hydrogen-bond acceptors (Lipinski definition) is 2. The van der Waals surface area contributed by atoms with Crippen LogP contribution in [0, 0.1) is 18.7 Å². The average Bonchev–Trinajstić information content (AvgIpc) is 3.12. The van der Waals surface area contributed by atoms with Gasteiger partial charge in [0.2, 0.25) is 0 Å². The zero-order chi connectivity index (χ0) is 13.3. The second kappa shape index (κ2) is 4.76. The fourth-order valence-electron chi connectivity index (χ4n) is 1.87. The standard InChI is InChI=1S/C13H14FNO3/c1-7-2-5-9(14)6-10(7)12(16)15-11(13(17)18)8-3-4-8/h2,5-6,8,11H,3-4H2,1H3,(H,15,16)(H,17,18). The van der Waals surface area contributed by atoms with E-state index in [1.54, 1.807) is 6.92 Å². The van der Waals surface area contributed by atoms with E-state index in [-0.39, 0.29) is 11.5 Å². The second-order valence-electron chi connectivity index (χ2n) is 4.59. The van der Waals surface area contributed by atoms with Crippen LogP contribution in [0.2, 0.25) is 0 Å². The average molecular weight is 251 g/mol. The molecule has 1 amide bonds. The summed E-state index contributed by atoms with van der Waals surface area (Å²) in [7, 11) is 0. The third-order valence-electron chi connectivity index (χ3n) is 3.09. The highest BCUT2D eigenvalue weighted by Crippen LogP contribution is 2.32. The van der Waals surface area contributed by atoms with Crippen molar-refractivity contribution in [2.45, 2.75) is 25.8 Å². The Balaban J connectivity index is 2.15. The fraction of sp³-hybridized carbons (Fsp3) is 0.385. The topological polar surface area (TPSA) is 66.4 Å². The number of aliphatic carboxylic acids is 1. The van der Waals surface area contributed by atoms with Crippen LogP contribution in [0.5, 0.6) is 0 Å². The van der Waals surface area contributed by atoms with Crippen LogP contribution in [0.15, 0.2) is 18.2 Å². The van der Waals surface area contributed by atoms with Gasteiger partial charge in [-0.05, 0) is 43.4 Å². The van der Waals surface area contributed by atoms with Crippen LogP contribution in [0.3, 0.4) is 0 Å². The Hall–Kier alpha value is -1.91. The smallest absolute Gasteiger partial charge is 0.326 e. The Kier molecular flexibility index (Phi) is 3.32. The van der Waals surface area contributed by atoms with E-state index >= 15 is 0 Å². The molecule has 0 spiro atoms. The number of halogens is 1. The van der Waals surface area contributed by atoms with Crippen LogP contribution < -0.4 is 5.32 Å². The predicted molar refractivity (Wildman–Crippen MR) is 62.8 cm³/mol. The molecular formula is C13H14FNO3. The summed E-state index contributed by atoms with van der Waals surface area (Å²) in [6.07, 6.45) is 1.61. The molecule has 0 radical (unpaired) electrons. The number of rotatable bonds is 4. The van der Waals surface area contributed by atoms with E-state index in [1.165, 1.54) is 12.1 Å². The van der Waals surface area contributed by atoms with Gasteiger partial charge in [-0.1, -0.05) is 6.07 Å². The van der Waals surface area contributed by atoms with Crippen LogP contribution in [-0.4, -0.2) is 23.0 Å². The van der Waals surface area contributed by atoms with Crippen molar-refractivity contribution in [2.24, 2.45) is 5.92 Å². The van der Waals surface area contributed by atoms with Gasteiger partial charge in [0.25, 0.3) is 5.91 Å². The second-order valence-corrected chi connectivity index (χ2v) is 4.59. The molecule has 1 unspecified atom stereocenters. The van der Waals surface area contributed by atoms with Crippen molar-refractivity contribution in [1.82, 2.24) is 5.32 Å². The van der Waals surface area contributed by atoms with Crippen LogP contribution in [0.25, 0.3) is 0 Å². The molecule has 4 nitrogen and oxygen atoms in total. The van der Waals surface area contributed by atoms with Gasteiger partial charge >= 0.3 is 5.97 Å². The van der Waals surface area contributed by atoms with E-state index in [0.29, 0.717) is 5.56 Å². The monoisotopic (exact) mass is 251 g/mol. The molecule has 1 atom stereocenters. The van der Waals surface area contributed by atoms with Crippen molar-refractivity contribution in [3.05, 3.63) is 35.1 Å². The number of hydrogen-bond donors (Lipinski definition) is 2. The van der Waals surface area contributed by atoms with Gasteiger partial charge in [0, 0.05) is 5.56 Å². The van der Waals surface area contributed by atoms with Crippen molar-refractivity contribution in [3.8, 4) is 0 Å². The minimum absolute atomic E-state index is 0.000292. The van der Waals surface area contributed by atoms with Gasteiger partial charge in [0.1, 0.15) is 11.9 Å². The first-order valence-electron chi connectivity index (χ1n) is 5.79. The summed E-state index contributed by atoms with van der Waals surface area (Å²) in [5.74, 6) is -2.09. The van der Waals surface area contributed by atoms with Crippen LogP contribution in [0.4, 0.5) is 4.39 Å². The van der Waals surface area contributed by atoms with Gasteiger partial charge in [0.05, 0.1) is 0 Å². The predicted octanol–water partition coefficient (Wildman–Crippen LogP) is 1.73. The lowest BCUT2D eigenvalue weighted by Crippen LogP contribution is -2.42. The van der Waals surface area contributed by atoms with E-state index in [1.807, 2.05) is 0 Å². The van der Waals surface area contributed by atoms with E-state index in [2.05, 4.69) is 5.32 Å². The SMILES string of the molecule is Cc1ccc(F)cc1C(=O)NC(C(=O)O)C1CC1. The van der Waals surface area contributed by atoms with Crippen molar-refractivity contribution in [1.29, 1.82) is 0 Å². The number of amides is 1. The van der Waals surface area contributed by atoms with Gasteiger partial charge in [-0.3, -0.25) is 4.79 Å².